The predicted octanol–water partition coefficient (Wildman–Crippen LogP) is 3.17. The van der Waals surface area contributed by atoms with E-state index in [2.05, 4.69) is 38.6 Å². The van der Waals surface area contributed by atoms with Crippen molar-refractivity contribution in [3.8, 4) is 5.69 Å². The maximum absolute atomic E-state index is 13.1. The zero-order chi connectivity index (χ0) is 22.2. The summed E-state index contributed by atoms with van der Waals surface area (Å²) in [7, 11) is 0. The van der Waals surface area contributed by atoms with Crippen molar-refractivity contribution in [3.05, 3.63) is 72.4 Å². The van der Waals surface area contributed by atoms with E-state index in [9.17, 15) is 4.39 Å². The van der Waals surface area contributed by atoms with Crippen molar-refractivity contribution in [2.45, 2.75) is 32.2 Å². The Morgan fingerprint density at radius 3 is 2.66 bits per heavy atom. The molecule has 8 heteroatoms. The maximum atomic E-state index is 13.1. The van der Waals surface area contributed by atoms with E-state index >= 15 is 0 Å². The lowest BCUT2D eigenvalue weighted by Gasteiger charge is -2.33. The molecule has 0 saturated carbocycles. The maximum Gasteiger partial charge on any atom is 0.191 e. The molecule has 4 rings (SSSR count). The third-order valence-electron chi connectivity index (χ3n) is 5.53. The number of aromatic nitrogens is 3. The van der Waals surface area contributed by atoms with Crippen LogP contribution in [0.5, 0.6) is 0 Å². The molecular formula is C24H30FN7. The van der Waals surface area contributed by atoms with E-state index in [0.717, 1.165) is 62.1 Å². The zero-order valence-corrected chi connectivity index (χ0v) is 18.4. The van der Waals surface area contributed by atoms with Gasteiger partial charge < -0.3 is 15.5 Å². The van der Waals surface area contributed by atoms with Gasteiger partial charge in [0.05, 0.1) is 11.4 Å². The summed E-state index contributed by atoms with van der Waals surface area (Å²) in [4.78, 5) is 11.5. The monoisotopic (exact) mass is 435 g/mol. The highest BCUT2D eigenvalue weighted by atomic mass is 19.1. The third-order valence-corrected chi connectivity index (χ3v) is 5.53. The fourth-order valence-corrected chi connectivity index (χ4v) is 3.82. The Morgan fingerprint density at radius 2 is 1.94 bits per heavy atom. The number of pyridine rings is 1. The highest BCUT2D eigenvalue weighted by Gasteiger charge is 2.20. The smallest absolute Gasteiger partial charge is 0.191 e. The summed E-state index contributed by atoms with van der Waals surface area (Å²) >= 11 is 0. The Labute approximate surface area is 188 Å². The summed E-state index contributed by atoms with van der Waals surface area (Å²) in [6, 6.07) is 14.7. The highest BCUT2D eigenvalue weighted by Crippen LogP contribution is 2.17. The quantitative estimate of drug-likeness (QED) is 0.441. The minimum atomic E-state index is -0.249. The van der Waals surface area contributed by atoms with Crippen LogP contribution in [0.2, 0.25) is 0 Å². The van der Waals surface area contributed by atoms with Crippen molar-refractivity contribution in [1.29, 1.82) is 0 Å². The Bertz CT molecular complexity index is 993. The first-order valence-electron chi connectivity index (χ1n) is 11.2. The van der Waals surface area contributed by atoms with E-state index in [1.54, 1.807) is 16.8 Å². The van der Waals surface area contributed by atoms with E-state index in [0.29, 0.717) is 12.6 Å². The molecule has 32 heavy (non-hydrogen) atoms. The number of halogens is 1. The van der Waals surface area contributed by atoms with Crippen LogP contribution in [0, 0.1) is 5.82 Å². The van der Waals surface area contributed by atoms with Gasteiger partial charge in [0.25, 0.3) is 0 Å². The molecule has 7 nitrogen and oxygen atoms in total. The van der Waals surface area contributed by atoms with E-state index in [1.165, 1.54) is 12.1 Å². The van der Waals surface area contributed by atoms with Crippen molar-refractivity contribution >= 4 is 11.8 Å². The SMILES string of the molecule is CCNC(=NCCc1ccn(-c2ccc(F)cc2)n1)NC1CCN(c2ccccn2)CC1. The fourth-order valence-electron chi connectivity index (χ4n) is 3.82. The first-order valence-corrected chi connectivity index (χ1v) is 11.2. The number of benzene rings is 1. The van der Waals surface area contributed by atoms with Crippen LogP contribution >= 0.6 is 0 Å². The average Bonchev–Trinajstić information content (AvgIpc) is 3.30. The number of hydrogen-bond acceptors (Lipinski definition) is 4. The van der Waals surface area contributed by atoms with Crippen molar-refractivity contribution in [2.24, 2.45) is 4.99 Å². The van der Waals surface area contributed by atoms with Gasteiger partial charge in [-0.25, -0.2) is 14.1 Å². The van der Waals surface area contributed by atoms with Gasteiger partial charge in [0.2, 0.25) is 0 Å². The molecule has 0 bridgehead atoms. The Morgan fingerprint density at radius 1 is 1.12 bits per heavy atom. The molecule has 0 atom stereocenters. The van der Waals surface area contributed by atoms with Crippen LogP contribution in [0.1, 0.15) is 25.5 Å². The molecule has 0 radical (unpaired) electrons. The van der Waals surface area contributed by atoms with Gasteiger partial charge >= 0.3 is 0 Å². The van der Waals surface area contributed by atoms with Crippen molar-refractivity contribution in [3.63, 3.8) is 0 Å². The Balaban J connectivity index is 1.28. The van der Waals surface area contributed by atoms with Crippen LogP contribution < -0.4 is 15.5 Å². The van der Waals surface area contributed by atoms with Crippen LogP contribution in [-0.2, 0) is 6.42 Å². The van der Waals surface area contributed by atoms with Crippen LogP contribution in [-0.4, -0.2) is 52.9 Å². The normalized spacial score (nSPS) is 15.1. The van der Waals surface area contributed by atoms with Crippen LogP contribution in [0.4, 0.5) is 10.2 Å². The molecule has 168 valence electrons. The molecule has 0 amide bonds. The third kappa shape index (κ3) is 5.84. The number of piperidine rings is 1. The lowest BCUT2D eigenvalue weighted by Crippen LogP contribution is -2.49. The first-order chi connectivity index (χ1) is 15.7. The molecule has 3 heterocycles. The lowest BCUT2D eigenvalue weighted by molar-refractivity contribution is 0.459. The van der Waals surface area contributed by atoms with Gasteiger partial charge in [0, 0.05) is 51.0 Å². The van der Waals surface area contributed by atoms with E-state index in [1.807, 2.05) is 30.6 Å². The number of nitrogens with one attached hydrogen (secondary N) is 2. The molecule has 1 saturated heterocycles. The van der Waals surface area contributed by atoms with Crippen molar-refractivity contribution in [2.75, 3.05) is 31.1 Å². The second-order valence-corrected chi connectivity index (χ2v) is 7.83. The molecule has 1 fully saturated rings. The summed E-state index contributed by atoms with van der Waals surface area (Å²) in [5, 5.41) is 11.5. The number of hydrogen-bond donors (Lipinski definition) is 2. The molecular weight excluding hydrogens is 405 g/mol. The van der Waals surface area contributed by atoms with E-state index < -0.39 is 0 Å². The topological polar surface area (TPSA) is 70.4 Å². The standard InChI is InChI=1S/C24H30FN7/c1-2-26-24(29-20-11-16-31(17-12-20)23-5-3-4-14-27-23)28-15-10-21-13-18-32(30-21)22-8-6-19(25)7-9-22/h3-9,13-14,18,20H,2,10-12,15-17H2,1H3,(H2,26,28,29). The fraction of sp³-hybridized carbons (Fsp3) is 0.375. The average molecular weight is 436 g/mol. The van der Waals surface area contributed by atoms with Crippen LogP contribution in [0.25, 0.3) is 5.69 Å². The summed E-state index contributed by atoms with van der Waals surface area (Å²) < 4.78 is 14.9. The largest absolute Gasteiger partial charge is 0.357 e. The minimum Gasteiger partial charge on any atom is -0.357 e. The van der Waals surface area contributed by atoms with Gasteiger partial charge in [-0.05, 0) is 62.2 Å². The Hall–Kier alpha value is -3.42. The lowest BCUT2D eigenvalue weighted by atomic mass is 10.1. The molecule has 2 aromatic heterocycles. The summed E-state index contributed by atoms with van der Waals surface area (Å²) in [5.41, 5.74) is 1.80. The molecule has 0 spiro atoms. The van der Waals surface area contributed by atoms with Gasteiger partial charge in [-0.15, -0.1) is 0 Å². The van der Waals surface area contributed by atoms with Gasteiger partial charge in [-0.3, -0.25) is 4.99 Å². The van der Waals surface area contributed by atoms with E-state index in [-0.39, 0.29) is 5.82 Å². The van der Waals surface area contributed by atoms with Gasteiger partial charge in [-0.2, -0.15) is 5.10 Å². The van der Waals surface area contributed by atoms with Gasteiger partial charge in [-0.1, -0.05) is 6.07 Å². The van der Waals surface area contributed by atoms with Crippen LogP contribution in [0.15, 0.2) is 65.9 Å². The van der Waals surface area contributed by atoms with E-state index in [4.69, 9.17) is 4.99 Å². The van der Waals surface area contributed by atoms with Gasteiger partial charge in [0.1, 0.15) is 11.6 Å². The first kappa shape index (κ1) is 21.8. The summed E-state index contributed by atoms with van der Waals surface area (Å²) in [5.74, 6) is 1.65. The highest BCUT2D eigenvalue weighted by molar-refractivity contribution is 5.80. The van der Waals surface area contributed by atoms with Gasteiger partial charge in [0.15, 0.2) is 5.96 Å². The molecule has 1 aromatic carbocycles. The zero-order valence-electron chi connectivity index (χ0n) is 18.4. The molecule has 3 aromatic rings. The van der Waals surface area contributed by atoms with Crippen LogP contribution in [0.3, 0.4) is 0 Å². The number of nitrogens with zero attached hydrogens (tertiary/aromatic N) is 5. The summed E-state index contributed by atoms with van der Waals surface area (Å²) in [6.07, 6.45) is 6.57. The number of rotatable bonds is 7. The molecule has 1 aliphatic heterocycles. The minimum absolute atomic E-state index is 0.249. The summed E-state index contributed by atoms with van der Waals surface area (Å²) in [6.45, 7) is 5.50. The second kappa shape index (κ2) is 10.7. The second-order valence-electron chi connectivity index (χ2n) is 7.83. The molecule has 2 N–H and O–H groups in total. The number of anilines is 1. The molecule has 1 aliphatic rings. The van der Waals surface area contributed by atoms with Crippen molar-refractivity contribution < 1.29 is 4.39 Å². The number of aliphatic imine (C=N–C) groups is 1. The molecule has 0 aliphatic carbocycles. The molecule has 0 unspecified atom stereocenters. The Kier molecular flexibility index (Phi) is 7.32. The number of guanidine groups is 1. The predicted molar refractivity (Wildman–Crippen MR) is 126 cm³/mol. The van der Waals surface area contributed by atoms with Crippen molar-refractivity contribution in [1.82, 2.24) is 25.4 Å².